The molecule has 2 N–H and O–H groups in total. The zero-order valence-corrected chi connectivity index (χ0v) is 21.4. The van der Waals surface area contributed by atoms with Crippen LogP contribution < -0.4 is 0 Å². The SMILES string of the molecule is CCOP(=O)(O)OCC[N+](C)(CCc1ccc(O)c(-n2nc3ccccc3n2)c1)CC(OC)OC. The molecule has 0 aliphatic carbocycles. The number of quaternary nitrogens is 1. The number of aromatic nitrogens is 3. The number of hydrogen-bond donors (Lipinski definition) is 2. The van der Waals surface area contributed by atoms with E-state index in [-0.39, 0.29) is 19.0 Å². The summed E-state index contributed by atoms with van der Waals surface area (Å²) in [6, 6.07) is 12.8. The Balaban J connectivity index is 1.75. The third kappa shape index (κ3) is 7.55. The van der Waals surface area contributed by atoms with Crippen LogP contribution in [0.3, 0.4) is 0 Å². The van der Waals surface area contributed by atoms with Crippen LogP contribution in [0.4, 0.5) is 0 Å². The molecule has 0 radical (unpaired) electrons. The molecule has 1 aromatic heterocycles. The molecule has 0 aliphatic rings. The summed E-state index contributed by atoms with van der Waals surface area (Å²) < 4.78 is 33.0. The smallest absolute Gasteiger partial charge is 0.472 e. The number of methoxy groups -OCH3 is 2. The molecule has 2 unspecified atom stereocenters. The number of hydrogen-bond acceptors (Lipinski definition) is 8. The second-order valence-electron chi connectivity index (χ2n) is 8.42. The highest BCUT2D eigenvalue weighted by atomic mass is 31.2. The van der Waals surface area contributed by atoms with Crippen LogP contribution in [-0.2, 0) is 29.5 Å². The number of fused-ring (bicyclic) bond motifs is 1. The summed E-state index contributed by atoms with van der Waals surface area (Å²) in [6.07, 6.45) is 0.191. The molecule has 2 atom stereocenters. The summed E-state index contributed by atoms with van der Waals surface area (Å²) in [6.45, 7) is 3.31. The molecule has 0 spiro atoms. The summed E-state index contributed by atoms with van der Waals surface area (Å²) in [5, 5.41) is 19.4. The van der Waals surface area contributed by atoms with Crippen molar-refractivity contribution in [3.05, 3.63) is 48.0 Å². The van der Waals surface area contributed by atoms with Gasteiger partial charge in [-0.15, -0.1) is 15.0 Å². The average molecular weight is 510 g/mol. The molecule has 0 amide bonds. The number of nitrogens with zero attached hydrogens (tertiary/aromatic N) is 4. The van der Waals surface area contributed by atoms with Gasteiger partial charge in [-0.2, -0.15) is 0 Å². The van der Waals surface area contributed by atoms with E-state index in [0.717, 1.165) is 16.6 Å². The minimum atomic E-state index is -4.08. The molecule has 0 saturated heterocycles. The van der Waals surface area contributed by atoms with E-state index in [1.807, 2.05) is 43.4 Å². The highest BCUT2D eigenvalue weighted by molar-refractivity contribution is 7.47. The standard InChI is InChI=1S/C23H33N4O7P/c1-5-33-35(29,30)34-15-14-27(2,17-23(31-3)32-4)13-12-18-10-11-22(28)21(16-18)26-24-19-8-6-7-9-20(19)25-26/h6-11,16,23H,5,12-15,17H2,1-4H3,(H-,28,29,30)/p+1. The topological polar surface area (TPSA) is 125 Å². The second-order valence-corrected chi connectivity index (χ2v) is 9.87. The lowest BCUT2D eigenvalue weighted by molar-refractivity contribution is -0.914. The van der Waals surface area contributed by atoms with E-state index in [1.54, 1.807) is 27.2 Å². The molecule has 0 aliphatic heterocycles. The van der Waals surface area contributed by atoms with E-state index >= 15 is 0 Å². The number of phenolic OH excluding ortho intramolecular Hbond substituents is 1. The molecular weight excluding hydrogens is 475 g/mol. The highest BCUT2D eigenvalue weighted by Crippen LogP contribution is 2.42. The van der Waals surface area contributed by atoms with Crippen LogP contribution in [-0.4, -0.2) is 89.9 Å². The predicted molar refractivity (Wildman–Crippen MR) is 130 cm³/mol. The van der Waals surface area contributed by atoms with Crippen molar-refractivity contribution in [1.29, 1.82) is 0 Å². The van der Waals surface area contributed by atoms with Crippen molar-refractivity contribution in [2.45, 2.75) is 19.6 Å². The highest BCUT2D eigenvalue weighted by Gasteiger charge is 2.29. The maximum atomic E-state index is 11.9. The fourth-order valence-electron chi connectivity index (χ4n) is 3.73. The summed E-state index contributed by atoms with van der Waals surface area (Å²) in [4.78, 5) is 11.2. The number of benzene rings is 2. The molecule has 0 saturated carbocycles. The molecule has 11 nitrogen and oxygen atoms in total. The summed E-state index contributed by atoms with van der Waals surface area (Å²) in [7, 11) is 1.06. The Labute approximate surface area is 205 Å². The molecule has 3 aromatic rings. The fraction of sp³-hybridized carbons (Fsp3) is 0.478. The first-order valence-electron chi connectivity index (χ1n) is 11.3. The fourth-order valence-corrected chi connectivity index (χ4v) is 4.44. The van der Waals surface area contributed by atoms with Gasteiger partial charge in [-0.25, -0.2) is 4.57 Å². The first-order valence-corrected chi connectivity index (χ1v) is 12.8. The Hall–Kier alpha value is -2.37. The van der Waals surface area contributed by atoms with Crippen molar-refractivity contribution in [3.63, 3.8) is 0 Å². The van der Waals surface area contributed by atoms with E-state index in [0.29, 0.717) is 36.2 Å². The van der Waals surface area contributed by atoms with Crippen molar-refractivity contribution in [2.75, 3.05) is 54.1 Å². The van der Waals surface area contributed by atoms with E-state index in [1.165, 1.54) is 4.80 Å². The molecule has 1 heterocycles. The van der Waals surface area contributed by atoms with Gasteiger partial charge in [0, 0.05) is 20.6 Å². The van der Waals surface area contributed by atoms with Gasteiger partial charge in [-0.3, -0.25) is 9.05 Å². The van der Waals surface area contributed by atoms with Crippen molar-refractivity contribution in [1.82, 2.24) is 15.0 Å². The van der Waals surface area contributed by atoms with Crippen LogP contribution in [0.1, 0.15) is 12.5 Å². The molecule has 35 heavy (non-hydrogen) atoms. The zero-order chi connectivity index (χ0) is 25.5. The normalized spacial score (nSPS) is 15.4. The van der Waals surface area contributed by atoms with E-state index in [4.69, 9.17) is 18.5 Å². The number of phenols is 1. The number of likely N-dealkylation sites (N-methyl/N-ethyl adjacent to an activating group) is 1. The van der Waals surface area contributed by atoms with Crippen LogP contribution in [0.15, 0.2) is 42.5 Å². The van der Waals surface area contributed by atoms with Gasteiger partial charge in [0.2, 0.25) is 6.29 Å². The molecule has 0 bridgehead atoms. The first kappa shape index (κ1) is 27.2. The van der Waals surface area contributed by atoms with Gasteiger partial charge in [0.1, 0.15) is 42.2 Å². The third-order valence-electron chi connectivity index (χ3n) is 5.78. The number of phosphoric acid groups is 1. The number of aromatic hydroxyl groups is 1. The molecule has 2 aromatic carbocycles. The van der Waals surface area contributed by atoms with Gasteiger partial charge < -0.3 is 24.0 Å². The summed E-state index contributed by atoms with van der Waals surface area (Å²) in [5.41, 5.74) is 2.93. The molecule has 192 valence electrons. The third-order valence-corrected chi connectivity index (χ3v) is 6.87. The van der Waals surface area contributed by atoms with Crippen LogP contribution in [0.2, 0.25) is 0 Å². The monoisotopic (exact) mass is 509 g/mol. The Morgan fingerprint density at radius 3 is 2.31 bits per heavy atom. The van der Waals surface area contributed by atoms with E-state index in [2.05, 4.69) is 10.2 Å². The van der Waals surface area contributed by atoms with Crippen LogP contribution >= 0.6 is 7.82 Å². The van der Waals surface area contributed by atoms with E-state index < -0.39 is 14.1 Å². The van der Waals surface area contributed by atoms with Gasteiger partial charge in [-0.05, 0) is 36.8 Å². The number of ether oxygens (including phenoxy) is 2. The van der Waals surface area contributed by atoms with Gasteiger partial charge in [0.05, 0.1) is 20.2 Å². The Morgan fingerprint density at radius 1 is 1.06 bits per heavy atom. The average Bonchev–Trinajstić information content (AvgIpc) is 3.26. The maximum absolute atomic E-state index is 11.9. The molecule has 3 rings (SSSR count). The quantitative estimate of drug-likeness (QED) is 0.192. The minimum absolute atomic E-state index is 0.0229. The van der Waals surface area contributed by atoms with Crippen LogP contribution in [0, 0.1) is 0 Å². The lowest BCUT2D eigenvalue weighted by Crippen LogP contribution is -2.52. The van der Waals surface area contributed by atoms with E-state index in [9.17, 15) is 14.6 Å². The largest absolute Gasteiger partial charge is 0.506 e. The lowest BCUT2D eigenvalue weighted by Gasteiger charge is -2.36. The van der Waals surface area contributed by atoms with Gasteiger partial charge >= 0.3 is 7.82 Å². The van der Waals surface area contributed by atoms with Gasteiger partial charge in [-0.1, -0.05) is 18.2 Å². The Kier molecular flexibility index (Phi) is 9.37. The van der Waals surface area contributed by atoms with Gasteiger partial charge in [0.15, 0.2) is 0 Å². The summed E-state index contributed by atoms with van der Waals surface area (Å²) >= 11 is 0. The lowest BCUT2D eigenvalue weighted by atomic mass is 10.1. The number of rotatable bonds is 14. The van der Waals surface area contributed by atoms with Crippen LogP contribution in [0.5, 0.6) is 5.75 Å². The maximum Gasteiger partial charge on any atom is 0.472 e. The summed E-state index contributed by atoms with van der Waals surface area (Å²) in [5.74, 6) is 0.0770. The van der Waals surface area contributed by atoms with Crippen molar-refractivity contribution in [3.8, 4) is 11.4 Å². The van der Waals surface area contributed by atoms with Crippen LogP contribution in [0.25, 0.3) is 16.7 Å². The van der Waals surface area contributed by atoms with Gasteiger partial charge in [0.25, 0.3) is 0 Å². The first-order chi connectivity index (χ1) is 16.7. The minimum Gasteiger partial charge on any atom is -0.506 e. The second kappa shape index (κ2) is 12.0. The zero-order valence-electron chi connectivity index (χ0n) is 20.5. The molecule has 0 fully saturated rings. The molecule has 12 heteroatoms. The van der Waals surface area contributed by atoms with Crippen molar-refractivity contribution in [2.24, 2.45) is 0 Å². The predicted octanol–water partition coefficient (Wildman–Crippen LogP) is 2.89. The van der Waals surface area contributed by atoms with Crippen molar-refractivity contribution < 1.29 is 37.6 Å². The van der Waals surface area contributed by atoms with Crippen molar-refractivity contribution >= 4 is 18.9 Å². The Bertz CT molecular complexity index is 1120. The number of phosphoric ester groups is 1. The molecular formula is C23H34N4O7P+. The Morgan fingerprint density at radius 2 is 1.71 bits per heavy atom.